The molecule has 2 aromatic heterocycles. The number of nitrogens with zero attached hydrogens (tertiary/aromatic N) is 1. The molecule has 84 valence electrons. The number of aromatic amines is 1. The largest absolute Gasteiger partial charge is 0.478 e. The first-order valence-corrected chi connectivity index (χ1v) is 5.00. The lowest BCUT2D eigenvalue weighted by Gasteiger charge is -2.01. The summed E-state index contributed by atoms with van der Waals surface area (Å²) in [5.41, 5.74) is 1.43. The van der Waals surface area contributed by atoms with Gasteiger partial charge in [0.2, 0.25) is 0 Å². The quantitative estimate of drug-likeness (QED) is 0.706. The average molecular weight is 228 g/mol. The Kier molecular flexibility index (Phi) is 1.98. The zero-order valence-corrected chi connectivity index (χ0v) is 8.68. The SMILES string of the molecule is O=C(O)c1cc(-c2ccco2)cc2cn[nH]c12. The number of benzene rings is 1. The van der Waals surface area contributed by atoms with E-state index in [1.54, 1.807) is 30.7 Å². The predicted molar refractivity (Wildman–Crippen MR) is 60.8 cm³/mol. The molecule has 5 heteroatoms. The van der Waals surface area contributed by atoms with Crippen molar-refractivity contribution in [2.75, 3.05) is 0 Å². The summed E-state index contributed by atoms with van der Waals surface area (Å²) in [5, 5.41) is 16.4. The zero-order valence-electron chi connectivity index (χ0n) is 8.68. The highest BCUT2D eigenvalue weighted by atomic mass is 16.4. The van der Waals surface area contributed by atoms with Gasteiger partial charge in [0.15, 0.2) is 0 Å². The maximum atomic E-state index is 11.2. The van der Waals surface area contributed by atoms with Crippen LogP contribution in [0, 0.1) is 0 Å². The van der Waals surface area contributed by atoms with Gasteiger partial charge in [-0.1, -0.05) is 0 Å². The highest BCUT2D eigenvalue weighted by molar-refractivity contribution is 6.03. The summed E-state index contributed by atoms with van der Waals surface area (Å²) in [6, 6.07) is 6.95. The van der Waals surface area contributed by atoms with Crippen molar-refractivity contribution in [2.24, 2.45) is 0 Å². The third-order valence-corrected chi connectivity index (χ3v) is 2.58. The number of aromatic nitrogens is 2. The van der Waals surface area contributed by atoms with E-state index in [0.29, 0.717) is 11.3 Å². The first-order chi connectivity index (χ1) is 8.25. The fourth-order valence-corrected chi connectivity index (χ4v) is 1.81. The molecule has 0 bridgehead atoms. The van der Waals surface area contributed by atoms with E-state index < -0.39 is 5.97 Å². The van der Waals surface area contributed by atoms with E-state index in [2.05, 4.69) is 10.2 Å². The molecule has 0 saturated heterocycles. The van der Waals surface area contributed by atoms with Gasteiger partial charge in [0.1, 0.15) is 5.76 Å². The van der Waals surface area contributed by atoms with Crippen LogP contribution in [0.3, 0.4) is 0 Å². The molecule has 0 aliphatic rings. The van der Waals surface area contributed by atoms with Crippen LogP contribution in [0.15, 0.2) is 41.1 Å². The van der Waals surface area contributed by atoms with Crippen LogP contribution in [0.4, 0.5) is 0 Å². The standard InChI is InChI=1S/C12H8N2O3/c15-12(16)9-5-7(10-2-1-3-17-10)4-8-6-13-14-11(8)9/h1-6H,(H,13,14)(H,15,16). The van der Waals surface area contributed by atoms with Crippen molar-refractivity contribution in [1.82, 2.24) is 10.2 Å². The molecule has 0 aliphatic heterocycles. The lowest BCUT2D eigenvalue weighted by atomic mass is 10.1. The summed E-state index contributed by atoms with van der Waals surface area (Å²) in [7, 11) is 0. The lowest BCUT2D eigenvalue weighted by Crippen LogP contribution is -1.98. The second-order valence-electron chi connectivity index (χ2n) is 3.64. The van der Waals surface area contributed by atoms with E-state index >= 15 is 0 Å². The Morgan fingerprint density at radius 1 is 1.41 bits per heavy atom. The van der Waals surface area contributed by atoms with Crippen molar-refractivity contribution in [1.29, 1.82) is 0 Å². The van der Waals surface area contributed by atoms with Crippen molar-refractivity contribution in [3.63, 3.8) is 0 Å². The Bertz CT molecular complexity index is 683. The van der Waals surface area contributed by atoms with Gasteiger partial charge in [-0.15, -0.1) is 0 Å². The van der Waals surface area contributed by atoms with Crippen LogP contribution in [-0.4, -0.2) is 21.3 Å². The molecular weight excluding hydrogens is 220 g/mol. The second kappa shape index (κ2) is 3.48. The van der Waals surface area contributed by atoms with Gasteiger partial charge in [-0.25, -0.2) is 4.79 Å². The monoisotopic (exact) mass is 228 g/mol. The molecule has 0 radical (unpaired) electrons. The van der Waals surface area contributed by atoms with E-state index in [-0.39, 0.29) is 5.56 Å². The number of hydrogen-bond donors (Lipinski definition) is 2. The molecule has 0 atom stereocenters. The number of fused-ring (bicyclic) bond motifs is 1. The highest BCUT2D eigenvalue weighted by Crippen LogP contribution is 2.26. The average Bonchev–Trinajstić information content (AvgIpc) is 2.98. The summed E-state index contributed by atoms with van der Waals surface area (Å²) in [5.74, 6) is -0.358. The molecule has 2 N–H and O–H groups in total. The van der Waals surface area contributed by atoms with Crippen molar-refractivity contribution in [3.05, 3.63) is 42.3 Å². The number of carboxylic acids is 1. The van der Waals surface area contributed by atoms with Crippen molar-refractivity contribution in [3.8, 4) is 11.3 Å². The maximum Gasteiger partial charge on any atom is 0.337 e. The van der Waals surface area contributed by atoms with Crippen LogP contribution < -0.4 is 0 Å². The third kappa shape index (κ3) is 1.48. The molecule has 3 aromatic rings. The number of nitrogens with one attached hydrogen (secondary N) is 1. The third-order valence-electron chi connectivity index (χ3n) is 2.58. The maximum absolute atomic E-state index is 11.2. The van der Waals surface area contributed by atoms with Gasteiger partial charge < -0.3 is 9.52 Å². The molecule has 17 heavy (non-hydrogen) atoms. The zero-order chi connectivity index (χ0) is 11.8. The molecule has 0 aliphatic carbocycles. The van der Waals surface area contributed by atoms with Crippen LogP contribution in [0.25, 0.3) is 22.2 Å². The van der Waals surface area contributed by atoms with Crippen molar-refractivity contribution in [2.45, 2.75) is 0 Å². The summed E-state index contributed by atoms with van der Waals surface area (Å²) in [6.07, 6.45) is 3.14. The van der Waals surface area contributed by atoms with E-state index in [0.717, 1.165) is 10.9 Å². The van der Waals surface area contributed by atoms with Crippen LogP contribution in [0.5, 0.6) is 0 Å². The molecule has 1 aromatic carbocycles. The molecule has 0 fully saturated rings. The highest BCUT2D eigenvalue weighted by Gasteiger charge is 2.13. The van der Waals surface area contributed by atoms with Gasteiger partial charge in [-0.2, -0.15) is 5.10 Å². The lowest BCUT2D eigenvalue weighted by molar-refractivity contribution is 0.0699. The van der Waals surface area contributed by atoms with Gasteiger partial charge in [0.05, 0.1) is 23.5 Å². The molecule has 0 spiro atoms. The number of aromatic carboxylic acids is 1. The number of furan rings is 1. The van der Waals surface area contributed by atoms with Crippen LogP contribution in [0.1, 0.15) is 10.4 Å². The summed E-state index contributed by atoms with van der Waals surface area (Å²) in [6.45, 7) is 0. The first-order valence-electron chi connectivity index (χ1n) is 5.00. The Morgan fingerprint density at radius 2 is 2.29 bits per heavy atom. The molecule has 5 nitrogen and oxygen atoms in total. The molecular formula is C12H8N2O3. The smallest absolute Gasteiger partial charge is 0.337 e. The number of rotatable bonds is 2. The number of hydrogen-bond acceptors (Lipinski definition) is 3. The summed E-state index contributed by atoms with van der Waals surface area (Å²) >= 11 is 0. The van der Waals surface area contributed by atoms with E-state index in [1.807, 2.05) is 6.07 Å². The molecule has 3 rings (SSSR count). The summed E-state index contributed by atoms with van der Waals surface area (Å²) < 4.78 is 5.26. The molecule has 0 unspecified atom stereocenters. The van der Waals surface area contributed by atoms with Crippen LogP contribution in [-0.2, 0) is 0 Å². The molecule has 0 saturated carbocycles. The normalized spacial score (nSPS) is 10.8. The van der Waals surface area contributed by atoms with Crippen molar-refractivity contribution < 1.29 is 14.3 Å². The van der Waals surface area contributed by atoms with E-state index in [9.17, 15) is 4.79 Å². The topological polar surface area (TPSA) is 79.1 Å². The number of carboxylic acid groups (broad SMARTS) is 1. The van der Waals surface area contributed by atoms with Crippen molar-refractivity contribution >= 4 is 16.9 Å². The summed E-state index contributed by atoms with van der Waals surface area (Å²) in [4.78, 5) is 11.2. The van der Waals surface area contributed by atoms with Gasteiger partial charge in [0, 0.05) is 10.9 Å². The van der Waals surface area contributed by atoms with Gasteiger partial charge in [-0.05, 0) is 24.3 Å². The predicted octanol–water partition coefficient (Wildman–Crippen LogP) is 2.52. The minimum absolute atomic E-state index is 0.186. The van der Waals surface area contributed by atoms with Crippen LogP contribution in [0.2, 0.25) is 0 Å². The fourth-order valence-electron chi connectivity index (χ4n) is 1.81. The first kappa shape index (κ1) is 9.65. The number of carbonyl (C=O) groups is 1. The van der Waals surface area contributed by atoms with Gasteiger partial charge >= 0.3 is 5.97 Å². The fraction of sp³-hybridized carbons (Fsp3) is 0. The Balaban J connectivity index is 2.31. The van der Waals surface area contributed by atoms with Crippen LogP contribution >= 0.6 is 0 Å². The Hall–Kier alpha value is -2.56. The number of H-pyrrole nitrogens is 1. The second-order valence-corrected chi connectivity index (χ2v) is 3.64. The minimum Gasteiger partial charge on any atom is -0.478 e. The Morgan fingerprint density at radius 3 is 3.00 bits per heavy atom. The molecule has 0 amide bonds. The van der Waals surface area contributed by atoms with E-state index in [4.69, 9.17) is 9.52 Å². The molecule has 2 heterocycles. The van der Waals surface area contributed by atoms with E-state index in [1.165, 1.54) is 0 Å². The minimum atomic E-state index is -0.993. The van der Waals surface area contributed by atoms with Gasteiger partial charge in [-0.3, -0.25) is 5.10 Å². The van der Waals surface area contributed by atoms with Gasteiger partial charge in [0.25, 0.3) is 0 Å². The Labute approximate surface area is 95.7 Å².